The number of benzene rings is 1. The largest absolute Gasteiger partial charge is 0.456 e. The quantitative estimate of drug-likeness (QED) is 0.305. The van der Waals surface area contributed by atoms with Gasteiger partial charge in [0.1, 0.15) is 22.6 Å². The summed E-state index contributed by atoms with van der Waals surface area (Å²) in [5, 5.41) is 20.1. The molecule has 0 spiro atoms. The molecule has 0 radical (unpaired) electrons. The zero-order chi connectivity index (χ0) is 16.3. The third-order valence-electron chi connectivity index (χ3n) is 2.91. The Bertz CT molecular complexity index is 831. The van der Waals surface area contributed by atoms with Crippen molar-refractivity contribution in [3.63, 3.8) is 0 Å². The second-order valence-corrected chi connectivity index (χ2v) is 4.95. The highest BCUT2D eigenvalue weighted by Gasteiger charge is 2.18. The van der Waals surface area contributed by atoms with Crippen LogP contribution in [0.3, 0.4) is 0 Å². The van der Waals surface area contributed by atoms with Crippen LogP contribution in [-0.2, 0) is 0 Å². The van der Waals surface area contributed by atoms with E-state index in [4.69, 9.17) is 27.6 Å². The van der Waals surface area contributed by atoms with Crippen LogP contribution in [0.15, 0.2) is 40.3 Å². The number of furan rings is 1. The number of aryl methyl sites for hydroxylation is 1. The summed E-state index contributed by atoms with van der Waals surface area (Å²) in [4.78, 5) is 10.6. The number of nitrogens with two attached hydrogens (primary N) is 1. The van der Waals surface area contributed by atoms with Crippen LogP contribution in [0.4, 0.5) is 5.69 Å². The van der Waals surface area contributed by atoms with Crippen LogP contribution in [0.1, 0.15) is 11.3 Å². The number of thiocarbonyl (C=S) groups is 1. The van der Waals surface area contributed by atoms with Crippen molar-refractivity contribution in [3.8, 4) is 17.4 Å². The van der Waals surface area contributed by atoms with Gasteiger partial charge < -0.3 is 10.2 Å². The normalized spacial score (nSPS) is 11.0. The molecule has 0 aliphatic carbocycles. The Hall–Kier alpha value is -2.98. The van der Waals surface area contributed by atoms with Crippen molar-refractivity contribution in [2.45, 2.75) is 6.92 Å². The molecule has 0 amide bonds. The first-order valence-electron chi connectivity index (χ1n) is 6.19. The summed E-state index contributed by atoms with van der Waals surface area (Å²) in [7, 11) is 0. The lowest BCUT2D eigenvalue weighted by atomic mass is 10.1. The van der Waals surface area contributed by atoms with Gasteiger partial charge in [0.2, 0.25) is 0 Å². The molecule has 6 nitrogen and oxygen atoms in total. The van der Waals surface area contributed by atoms with Crippen molar-refractivity contribution in [1.82, 2.24) is 0 Å². The van der Waals surface area contributed by atoms with Gasteiger partial charge in [-0.05, 0) is 30.7 Å². The molecule has 0 aliphatic heterocycles. The molecule has 0 unspecified atom stereocenters. The SMILES string of the molecule is Cc1ccc(-c2ccc(/C=C(\C#N)C(N)=S)o2)c([N+](=O)[O-])c1. The predicted molar refractivity (Wildman–Crippen MR) is 85.9 cm³/mol. The topological polar surface area (TPSA) is 106 Å². The highest BCUT2D eigenvalue weighted by Crippen LogP contribution is 2.32. The van der Waals surface area contributed by atoms with Crippen LogP contribution in [0.5, 0.6) is 0 Å². The second-order valence-electron chi connectivity index (χ2n) is 4.51. The minimum absolute atomic E-state index is 0.0400. The van der Waals surface area contributed by atoms with E-state index >= 15 is 0 Å². The van der Waals surface area contributed by atoms with E-state index in [1.165, 1.54) is 12.1 Å². The third-order valence-corrected chi connectivity index (χ3v) is 3.13. The maximum atomic E-state index is 11.1. The Labute approximate surface area is 131 Å². The number of rotatable bonds is 4. The van der Waals surface area contributed by atoms with Crippen molar-refractivity contribution >= 4 is 29.0 Å². The van der Waals surface area contributed by atoms with Crippen LogP contribution >= 0.6 is 12.2 Å². The molecular weight excluding hydrogens is 302 g/mol. The monoisotopic (exact) mass is 313 g/mol. The molecule has 1 aromatic heterocycles. The third kappa shape index (κ3) is 3.19. The summed E-state index contributed by atoms with van der Waals surface area (Å²) in [5.74, 6) is 0.674. The number of hydrogen-bond acceptors (Lipinski definition) is 5. The molecule has 0 atom stereocenters. The molecule has 0 fully saturated rings. The summed E-state index contributed by atoms with van der Waals surface area (Å²) >= 11 is 4.74. The van der Waals surface area contributed by atoms with E-state index in [1.54, 1.807) is 31.2 Å². The molecule has 7 heteroatoms. The first kappa shape index (κ1) is 15.4. The molecule has 2 rings (SSSR count). The van der Waals surface area contributed by atoms with Crippen LogP contribution < -0.4 is 5.73 Å². The zero-order valence-electron chi connectivity index (χ0n) is 11.6. The minimum Gasteiger partial charge on any atom is -0.456 e. The van der Waals surface area contributed by atoms with E-state index in [-0.39, 0.29) is 16.2 Å². The average Bonchev–Trinajstić information content (AvgIpc) is 2.92. The van der Waals surface area contributed by atoms with Crippen LogP contribution in [0, 0.1) is 28.4 Å². The van der Waals surface area contributed by atoms with E-state index < -0.39 is 4.92 Å². The van der Waals surface area contributed by atoms with Gasteiger partial charge in [-0.1, -0.05) is 18.3 Å². The molecule has 2 aromatic rings. The maximum absolute atomic E-state index is 11.1. The van der Waals surface area contributed by atoms with Gasteiger partial charge in [-0.25, -0.2) is 0 Å². The highest BCUT2D eigenvalue weighted by molar-refractivity contribution is 7.80. The van der Waals surface area contributed by atoms with Gasteiger partial charge in [0.05, 0.1) is 16.1 Å². The van der Waals surface area contributed by atoms with Gasteiger partial charge in [-0.3, -0.25) is 10.1 Å². The van der Waals surface area contributed by atoms with Crippen LogP contribution in [0.2, 0.25) is 0 Å². The lowest BCUT2D eigenvalue weighted by Crippen LogP contribution is -2.09. The Morgan fingerprint density at radius 2 is 2.18 bits per heavy atom. The Morgan fingerprint density at radius 3 is 2.77 bits per heavy atom. The molecule has 110 valence electrons. The highest BCUT2D eigenvalue weighted by atomic mass is 32.1. The maximum Gasteiger partial charge on any atom is 0.280 e. The van der Waals surface area contributed by atoms with E-state index in [0.717, 1.165) is 5.56 Å². The van der Waals surface area contributed by atoms with Crippen LogP contribution in [-0.4, -0.2) is 9.91 Å². The Balaban J connectivity index is 2.48. The molecule has 22 heavy (non-hydrogen) atoms. The van der Waals surface area contributed by atoms with Crippen LogP contribution in [0.25, 0.3) is 17.4 Å². The predicted octanol–water partition coefficient (Wildman–Crippen LogP) is 3.36. The van der Waals surface area contributed by atoms with E-state index in [2.05, 4.69) is 0 Å². The van der Waals surface area contributed by atoms with Gasteiger partial charge in [0.25, 0.3) is 5.69 Å². The fourth-order valence-electron chi connectivity index (χ4n) is 1.88. The van der Waals surface area contributed by atoms with Crippen molar-refractivity contribution in [2.75, 3.05) is 0 Å². The zero-order valence-corrected chi connectivity index (χ0v) is 12.4. The number of nitro benzene ring substituents is 1. The molecule has 0 aliphatic rings. The molecular formula is C15H11N3O3S. The van der Waals surface area contributed by atoms with Crippen molar-refractivity contribution < 1.29 is 9.34 Å². The van der Waals surface area contributed by atoms with E-state index in [0.29, 0.717) is 17.1 Å². The summed E-state index contributed by atoms with van der Waals surface area (Å²) < 4.78 is 5.54. The molecule has 1 heterocycles. The van der Waals surface area contributed by atoms with Gasteiger partial charge in [-0.2, -0.15) is 5.26 Å². The van der Waals surface area contributed by atoms with E-state index in [9.17, 15) is 10.1 Å². The van der Waals surface area contributed by atoms with Crippen molar-refractivity contribution in [1.29, 1.82) is 5.26 Å². The number of hydrogen-bond donors (Lipinski definition) is 1. The summed E-state index contributed by atoms with van der Waals surface area (Å²) in [6, 6.07) is 9.91. The molecule has 1 aromatic carbocycles. The second kappa shape index (κ2) is 6.20. The standard InChI is InChI=1S/C15H11N3O3S/c1-9-2-4-12(13(6-9)18(19)20)14-5-3-11(21-14)7-10(8-16)15(17)22/h2-7H,1H3,(H2,17,22)/b10-7+. The Kier molecular flexibility index (Phi) is 4.34. The van der Waals surface area contributed by atoms with Gasteiger partial charge in [0, 0.05) is 12.1 Å². The lowest BCUT2D eigenvalue weighted by molar-refractivity contribution is -0.384. The molecule has 0 saturated carbocycles. The van der Waals surface area contributed by atoms with Crippen molar-refractivity contribution in [2.24, 2.45) is 5.73 Å². The lowest BCUT2D eigenvalue weighted by Gasteiger charge is -2.01. The number of nitro groups is 1. The average molecular weight is 313 g/mol. The molecule has 0 bridgehead atoms. The first-order chi connectivity index (χ1) is 10.4. The van der Waals surface area contributed by atoms with Gasteiger partial charge >= 0.3 is 0 Å². The number of nitrogens with zero attached hydrogens (tertiary/aromatic N) is 2. The smallest absolute Gasteiger partial charge is 0.280 e. The fourth-order valence-corrected chi connectivity index (χ4v) is 1.98. The minimum atomic E-state index is -0.462. The van der Waals surface area contributed by atoms with Gasteiger partial charge in [-0.15, -0.1) is 0 Å². The van der Waals surface area contributed by atoms with Crippen molar-refractivity contribution in [3.05, 3.63) is 57.3 Å². The first-order valence-corrected chi connectivity index (χ1v) is 6.60. The Morgan fingerprint density at radius 1 is 1.45 bits per heavy atom. The molecule has 2 N–H and O–H groups in total. The summed E-state index contributed by atoms with van der Waals surface area (Å²) in [6.45, 7) is 1.77. The van der Waals surface area contributed by atoms with Gasteiger partial charge in [0.15, 0.2) is 0 Å². The fraction of sp³-hybridized carbons (Fsp3) is 0.0667. The van der Waals surface area contributed by atoms with E-state index in [1.807, 2.05) is 6.07 Å². The molecule has 0 saturated heterocycles. The summed E-state index contributed by atoms with van der Waals surface area (Å²) in [6.07, 6.45) is 1.39. The number of nitriles is 1. The summed E-state index contributed by atoms with van der Waals surface area (Å²) in [5.41, 5.74) is 6.61.